The average Bonchev–Trinajstić information content (AvgIpc) is 3.07. The molecular weight excluding hydrogens is 780 g/mol. The summed E-state index contributed by atoms with van der Waals surface area (Å²) in [5.41, 5.74) is -2.52. The molecule has 3 amide bonds. The average molecular weight is 853 g/mol. The molecule has 0 aromatic heterocycles. The molecule has 0 radical (unpaired) electrons. The van der Waals surface area contributed by atoms with E-state index in [0.29, 0.717) is 0 Å². The van der Waals surface area contributed by atoms with Gasteiger partial charge in [-0.1, -0.05) is 13.8 Å². The van der Waals surface area contributed by atoms with Gasteiger partial charge in [0.05, 0.1) is 49.2 Å². The molecular formula is C39H72N4O16. The summed E-state index contributed by atoms with van der Waals surface area (Å²) in [5.74, 6) is -1.69. The molecule has 1 saturated carbocycles. The lowest BCUT2D eigenvalue weighted by Crippen LogP contribution is -2.71. The molecule has 344 valence electrons. The first-order chi connectivity index (χ1) is 27.2. The van der Waals surface area contributed by atoms with Crippen molar-refractivity contribution in [3.63, 3.8) is 0 Å². The van der Waals surface area contributed by atoms with Gasteiger partial charge in [0.15, 0.2) is 6.29 Å². The third-order valence-electron chi connectivity index (χ3n) is 10.2. The molecule has 2 heterocycles. The molecule has 1 aliphatic carbocycles. The van der Waals surface area contributed by atoms with Crippen molar-refractivity contribution in [2.24, 2.45) is 11.8 Å². The van der Waals surface area contributed by atoms with E-state index in [1.54, 1.807) is 76.2 Å². The van der Waals surface area contributed by atoms with Crippen molar-refractivity contribution in [3.8, 4) is 0 Å². The van der Waals surface area contributed by atoms with E-state index in [4.69, 9.17) is 28.4 Å². The van der Waals surface area contributed by atoms with Crippen LogP contribution in [0.5, 0.6) is 0 Å². The number of hydrogen-bond donors (Lipinski definition) is 11. The first-order valence-corrected chi connectivity index (χ1v) is 20.5. The lowest BCUT2D eigenvalue weighted by Gasteiger charge is -2.53. The van der Waals surface area contributed by atoms with Gasteiger partial charge in [0.1, 0.15) is 47.3 Å². The highest BCUT2D eigenvalue weighted by Gasteiger charge is 2.56. The molecule has 2 aliphatic heterocycles. The smallest absolute Gasteiger partial charge is 0.408 e. The Hall–Kier alpha value is -2.63. The van der Waals surface area contributed by atoms with Gasteiger partial charge in [-0.05, 0) is 87.5 Å². The Morgan fingerprint density at radius 2 is 1.29 bits per heavy atom. The van der Waals surface area contributed by atoms with Crippen molar-refractivity contribution in [1.82, 2.24) is 21.3 Å². The van der Waals surface area contributed by atoms with Gasteiger partial charge in [0.25, 0.3) is 0 Å². The van der Waals surface area contributed by atoms with E-state index in [9.17, 15) is 50.1 Å². The van der Waals surface area contributed by atoms with Crippen LogP contribution in [0.1, 0.15) is 95.4 Å². The molecule has 0 bridgehead atoms. The molecule has 20 heteroatoms. The minimum atomic E-state index is -1.73. The van der Waals surface area contributed by atoms with Gasteiger partial charge >= 0.3 is 18.3 Å². The second kappa shape index (κ2) is 21.0. The van der Waals surface area contributed by atoms with Gasteiger partial charge in [0.2, 0.25) is 0 Å². The molecule has 0 aromatic rings. The molecule has 16 unspecified atom stereocenters. The Balaban J connectivity index is 1.95. The maximum Gasteiger partial charge on any atom is 0.408 e. The van der Waals surface area contributed by atoms with Crippen LogP contribution < -0.4 is 21.3 Å². The Labute approximate surface area is 347 Å². The van der Waals surface area contributed by atoms with Crippen LogP contribution >= 0.6 is 0 Å². The van der Waals surface area contributed by atoms with Crippen molar-refractivity contribution in [2.45, 2.75) is 198 Å². The van der Waals surface area contributed by atoms with Crippen molar-refractivity contribution in [2.75, 3.05) is 19.7 Å². The van der Waals surface area contributed by atoms with Crippen LogP contribution in [-0.2, 0) is 28.4 Å². The quantitative estimate of drug-likeness (QED) is 0.107. The fourth-order valence-corrected chi connectivity index (χ4v) is 7.63. The summed E-state index contributed by atoms with van der Waals surface area (Å²) in [6, 6.07) is -3.47. The summed E-state index contributed by atoms with van der Waals surface area (Å²) >= 11 is 0. The zero-order chi connectivity index (χ0) is 44.8. The molecule has 0 spiro atoms. The number of alkyl carbamates (subject to hydrolysis) is 3. The number of nitrogens with one attached hydrogen (secondary N) is 4. The highest BCUT2D eigenvalue weighted by molar-refractivity contribution is 5.69. The highest BCUT2D eigenvalue weighted by Crippen LogP contribution is 2.40. The summed E-state index contributed by atoms with van der Waals surface area (Å²) in [6.45, 7) is 17.8. The van der Waals surface area contributed by atoms with Gasteiger partial charge in [-0.2, -0.15) is 0 Å². The third-order valence-corrected chi connectivity index (χ3v) is 10.2. The number of aliphatic hydroxyl groups is 7. The standard InChI is InChI=1S/C39H72N4O16/c1-12-21-27(47)29(49)25(41-16-19(45)13-14-40-34(51)57-37(3,4)5)32(54-21)23-20(42-35(52)58-38(6,7)8)15-18(2)31(28(23)48)56-33-30(50)24(26(46)22(17-44)55-33)43-36(53)59-39(9,10)11/h18-33,41,44-50H,12-17H2,1-11H3,(H,40,51)(H,42,52)(H,43,53). The van der Waals surface area contributed by atoms with Gasteiger partial charge in [0, 0.05) is 25.0 Å². The molecule has 59 heavy (non-hydrogen) atoms. The van der Waals surface area contributed by atoms with Crippen LogP contribution in [0.4, 0.5) is 14.4 Å². The molecule has 3 aliphatic rings. The summed E-state index contributed by atoms with van der Waals surface area (Å²) in [7, 11) is 0. The predicted octanol–water partition coefficient (Wildman–Crippen LogP) is -0.253. The number of hydrogen-bond acceptors (Lipinski definition) is 17. The second-order valence-corrected chi connectivity index (χ2v) is 18.8. The summed E-state index contributed by atoms with van der Waals surface area (Å²) < 4.78 is 34.6. The van der Waals surface area contributed by atoms with Gasteiger partial charge in [-0.3, -0.25) is 0 Å². The van der Waals surface area contributed by atoms with Crippen molar-refractivity contribution >= 4 is 18.3 Å². The molecule has 3 rings (SSSR count). The maximum atomic E-state index is 13.3. The van der Waals surface area contributed by atoms with Crippen LogP contribution in [0.2, 0.25) is 0 Å². The number of rotatable bonds is 13. The molecule has 11 N–H and O–H groups in total. The molecule has 0 aromatic carbocycles. The van der Waals surface area contributed by atoms with E-state index in [1.807, 2.05) is 0 Å². The monoisotopic (exact) mass is 852 g/mol. The summed E-state index contributed by atoms with van der Waals surface area (Å²) in [4.78, 5) is 38.1. The van der Waals surface area contributed by atoms with Crippen LogP contribution in [-0.4, -0.2) is 176 Å². The van der Waals surface area contributed by atoms with Crippen molar-refractivity contribution < 1.29 is 78.6 Å². The van der Waals surface area contributed by atoms with E-state index in [0.717, 1.165) is 0 Å². The fourth-order valence-electron chi connectivity index (χ4n) is 7.63. The Morgan fingerprint density at radius 1 is 0.729 bits per heavy atom. The Bertz CT molecular complexity index is 1360. The van der Waals surface area contributed by atoms with E-state index in [1.165, 1.54) is 0 Å². The van der Waals surface area contributed by atoms with Crippen LogP contribution in [0.15, 0.2) is 0 Å². The molecule has 16 atom stereocenters. The van der Waals surface area contributed by atoms with E-state index >= 15 is 0 Å². The number of aliphatic hydroxyl groups excluding tert-OH is 7. The van der Waals surface area contributed by atoms with Crippen molar-refractivity contribution in [1.29, 1.82) is 0 Å². The highest BCUT2D eigenvalue weighted by atomic mass is 16.7. The van der Waals surface area contributed by atoms with E-state index < -0.39 is 139 Å². The zero-order valence-corrected chi connectivity index (χ0v) is 36.3. The zero-order valence-electron chi connectivity index (χ0n) is 36.3. The van der Waals surface area contributed by atoms with Gasteiger partial charge < -0.3 is 85.4 Å². The lowest BCUT2D eigenvalue weighted by molar-refractivity contribution is -0.313. The molecule has 20 nitrogen and oxygen atoms in total. The Kier molecular flexibility index (Phi) is 18.0. The second-order valence-electron chi connectivity index (χ2n) is 18.8. The maximum absolute atomic E-state index is 13.3. The number of ether oxygens (including phenoxy) is 6. The third kappa shape index (κ3) is 14.8. The number of carbonyl (C=O) groups is 3. The number of amides is 3. The summed E-state index contributed by atoms with van der Waals surface area (Å²) in [6.07, 6.45) is -17.0. The van der Waals surface area contributed by atoms with E-state index in [-0.39, 0.29) is 32.4 Å². The minimum Gasteiger partial charge on any atom is -0.444 e. The lowest BCUT2D eigenvalue weighted by atomic mass is 9.69. The minimum absolute atomic E-state index is 0.0585. The first kappa shape index (κ1) is 50.7. The summed E-state index contributed by atoms with van der Waals surface area (Å²) in [5, 5.41) is 89.3. The predicted molar refractivity (Wildman–Crippen MR) is 210 cm³/mol. The SMILES string of the molecule is CCC1OC(C2C(NC(=O)OC(C)(C)C)CC(C)C(OC3OC(CO)C(O)C(NC(=O)OC(C)(C)C)C3O)C2O)C(NCC(O)CCNC(=O)OC(C)(C)C)C(O)C1O. The van der Waals surface area contributed by atoms with Crippen LogP contribution in [0.3, 0.4) is 0 Å². The molecule has 3 fully saturated rings. The first-order valence-electron chi connectivity index (χ1n) is 20.5. The van der Waals surface area contributed by atoms with Gasteiger partial charge in [-0.15, -0.1) is 0 Å². The van der Waals surface area contributed by atoms with Gasteiger partial charge in [-0.25, -0.2) is 14.4 Å². The number of carbonyl (C=O) groups excluding carboxylic acids is 3. The van der Waals surface area contributed by atoms with Crippen LogP contribution in [0.25, 0.3) is 0 Å². The molecule has 2 saturated heterocycles. The normalized spacial score (nSPS) is 36.2. The fraction of sp³-hybridized carbons (Fsp3) is 0.923. The largest absolute Gasteiger partial charge is 0.444 e. The van der Waals surface area contributed by atoms with Crippen molar-refractivity contribution in [3.05, 3.63) is 0 Å². The Morgan fingerprint density at radius 3 is 1.83 bits per heavy atom. The topological polar surface area (TPSA) is 296 Å². The van der Waals surface area contributed by atoms with E-state index in [2.05, 4.69) is 21.3 Å². The van der Waals surface area contributed by atoms with Crippen LogP contribution in [0, 0.1) is 11.8 Å².